The van der Waals surface area contributed by atoms with Gasteiger partial charge >= 0.3 is 0 Å². The summed E-state index contributed by atoms with van der Waals surface area (Å²) in [6.07, 6.45) is 0. The second-order valence-corrected chi connectivity index (χ2v) is 17.7. The van der Waals surface area contributed by atoms with Crippen LogP contribution >= 0.6 is 0 Å². The SMILES string of the molecule is CC1(c2ccccc2)c2ccccc2-c2c(N(c3ccc(-c4ccc5c(c4)oc4ccccc45)cc3)c3ccc4c(c3)C(c3ccccc3)(c3ccccc3)c3ccccc3-4)cccc21. The Morgan fingerprint density at radius 1 is 0.354 bits per heavy atom. The first-order valence-corrected chi connectivity index (χ1v) is 22.6. The summed E-state index contributed by atoms with van der Waals surface area (Å²) in [4.78, 5) is 2.50. The number of anilines is 3. The fraction of sp³-hybridized carbons (Fsp3) is 0.0476. The highest BCUT2D eigenvalue weighted by atomic mass is 16.3. The fourth-order valence-electron chi connectivity index (χ4n) is 11.5. The summed E-state index contributed by atoms with van der Waals surface area (Å²) in [5.41, 5.74) is 20.5. The van der Waals surface area contributed by atoms with Gasteiger partial charge in [0, 0.05) is 33.1 Å². The van der Waals surface area contributed by atoms with E-state index in [-0.39, 0.29) is 5.41 Å². The highest BCUT2D eigenvalue weighted by Crippen LogP contribution is 2.59. The van der Waals surface area contributed by atoms with E-state index in [1.165, 1.54) is 61.2 Å². The number of benzene rings is 10. The predicted molar refractivity (Wildman–Crippen MR) is 269 cm³/mol. The van der Waals surface area contributed by atoms with Gasteiger partial charge in [-0.15, -0.1) is 0 Å². The Hall–Kier alpha value is -8.20. The van der Waals surface area contributed by atoms with Gasteiger partial charge in [0.15, 0.2) is 0 Å². The molecule has 0 aliphatic heterocycles. The van der Waals surface area contributed by atoms with Crippen LogP contribution in [0.3, 0.4) is 0 Å². The Morgan fingerprint density at radius 2 is 0.908 bits per heavy atom. The number of fused-ring (bicyclic) bond motifs is 9. The molecule has 306 valence electrons. The standard InChI is InChI=1S/C63H43NO/c1-62(44-18-5-2-6-19-44)54-27-14-12-26-53(54)61-56(62)29-17-30-58(61)64(47-35-32-42(33-36-47)43-34-38-52-51-25-13-16-31-59(51)65-60(52)40-43)48-37-39-50-49-24-11-15-28-55(49)63(57(50)41-48,45-20-7-3-8-21-45)46-22-9-4-10-23-46/h2-41H,1H3. The van der Waals surface area contributed by atoms with Gasteiger partial charge in [-0.1, -0.05) is 194 Å². The molecule has 0 radical (unpaired) electrons. The maximum Gasteiger partial charge on any atom is 0.136 e. The summed E-state index contributed by atoms with van der Waals surface area (Å²) >= 11 is 0. The van der Waals surface area contributed by atoms with E-state index in [0.29, 0.717) is 0 Å². The Balaban J connectivity index is 1.05. The van der Waals surface area contributed by atoms with Gasteiger partial charge in [0.2, 0.25) is 0 Å². The van der Waals surface area contributed by atoms with Gasteiger partial charge in [-0.2, -0.15) is 0 Å². The molecule has 0 spiro atoms. The lowest BCUT2D eigenvalue weighted by Crippen LogP contribution is -2.28. The van der Waals surface area contributed by atoms with Crippen molar-refractivity contribution < 1.29 is 4.42 Å². The van der Waals surface area contributed by atoms with Crippen molar-refractivity contribution in [1.29, 1.82) is 0 Å². The summed E-state index contributed by atoms with van der Waals surface area (Å²) in [6, 6.07) is 89.3. The highest BCUT2D eigenvalue weighted by Gasteiger charge is 2.47. The first-order valence-electron chi connectivity index (χ1n) is 22.6. The fourth-order valence-corrected chi connectivity index (χ4v) is 11.5. The first-order chi connectivity index (χ1) is 32.1. The molecule has 0 saturated heterocycles. The third kappa shape index (κ3) is 5.41. The quantitative estimate of drug-likeness (QED) is 0.159. The summed E-state index contributed by atoms with van der Waals surface area (Å²) in [6.45, 7) is 2.40. The molecule has 2 heteroatoms. The Bertz CT molecular complexity index is 3570. The molecule has 2 nitrogen and oxygen atoms in total. The van der Waals surface area contributed by atoms with Crippen molar-refractivity contribution in [1.82, 2.24) is 0 Å². The van der Waals surface area contributed by atoms with Crippen LogP contribution in [-0.2, 0) is 10.8 Å². The Labute approximate surface area is 379 Å². The second-order valence-electron chi connectivity index (χ2n) is 17.7. The van der Waals surface area contributed by atoms with Crippen molar-refractivity contribution in [3.05, 3.63) is 282 Å². The number of rotatable bonds is 7. The molecule has 13 rings (SSSR count). The predicted octanol–water partition coefficient (Wildman–Crippen LogP) is 16.4. The lowest BCUT2D eigenvalue weighted by Gasteiger charge is -2.35. The molecule has 1 aromatic heterocycles. The molecule has 1 heterocycles. The second kappa shape index (κ2) is 14.4. The van der Waals surface area contributed by atoms with Crippen molar-refractivity contribution in [2.75, 3.05) is 4.90 Å². The van der Waals surface area contributed by atoms with E-state index in [2.05, 4.69) is 242 Å². The maximum atomic E-state index is 6.34. The molecule has 11 aromatic rings. The van der Waals surface area contributed by atoms with Gasteiger partial charge < -0.3 is 9.32 Å². The van der Waals surface area contributed by atoms with Gasteiger partial charge in [0.25, 0.3) is 0 Å². The molecule has 0 bridgehead atoms. The lowest BCUT2D eigenvalue weighted by atomic mass is 9.67. The summed E-state index contributed by atoms with van der Waals surface area (Å²) in [7, 11) is 0. The lowest BCUT2D eigenvalue weighted by molar-refractivity contribution is 0.669. The van der Waals surface area contributed by atoms with E-state index >= 15 is 0 Å². The monoisotopic (exact) mass is 829 g/mol. The van der Waals surface area contributed by atoms with Crippen LogP contribution in [0.1, 0.15) is 45.9 Å². The van der Waals surface area contributed by atoms with Crippen LogP contribution in [0, 0.1) is 0 Å². The molecule has 0 saturated carbocycles. The highest BCUT2D eigenvalue weighted by molar-refractivity contribution is 6.06. The Kier molecular flexibility index (Phi) is 8.29. The van der Waals surface area contributed by atoms with Crippen LogP contribution in [0.5, 0.6) is 0 Å². The zero-order valence-electron chi connectivity index (χ0n) is 35.9. The minimum Gasteiger partial charge on any atom is -0.456 e. The van der Waals surface area contributed by atoms with Crippen LogP contribution in [0.4, 0.5) is 17.1 Å². The van der Waals surface area contributed by atoms with Crippen LogP contribution in [0.15, 0.2) is 247 Å². The number of hydrogen-bond acceptors (Lipinski definition) is 2. The van der Waals surface area contributed by atoms with Crippen molar-refractivity contribution in [3.63, 3.8) is 0 Å². The van der Waals surface area contributed by atoms with E-state index in [0.717, 1.165) is 50.1 Å². The van der Waals surface area contributed by atoms with E-state index in [9.17, 15) is 0 Å². The van der Waals surface area contributed by atoms with E-state index < -0.39 is 5.41 Å². The van der Waals surface area contributed by atoms with Crippen LogP contribution < -0.4 is 4.90 Å². The summed E-state index contributed by atoms with van der Waals surface area (Å²) in [5, 5.41) is 2.27. The number of furan rings is 1. The molecular weight excluding hydrogens is 787 g/mol. The molecule has 1 unspecified atom stereocenters. The molecule has 10 aromatic carbocycles. The van der Waals surface area contributed by atoms with Gasteiger partial charge in [0.1, 0.15) is 11.2 Å². The smallest absolute Gasteiger partial charge is 0.136 e. The number of nitrogens with zero attached hydrogens (tertiary/aromatic N) is 1. The normalized spacial score (nSPS) is 15.3. The van der Waals surface area contributed by atoms with E-state index in [4.69, 9.17) is 4.42 Å². The molecular formula is C63H43NO. The van der Waals surface area contributed by atoms with E-state index in [1.807, 2.05) is 12.1 Å². The summed E-state index contributed by atoms with van der Waals surface area (Å²) < 4.78 is 6.34. The third-order valence-corrected chi connectivity index (χ3v) is 14.4. The average Bonchev–Trinajstić information content (AvgIpc) is 3.99. The Morgan fingerprint density at radius 3 is 1.65 bits per heavy atom. The van der Waals surface area contributed by atoms with Gasteiger partial charge in [0.05, 0.1) is 11.1 Å². The van der Waals surface area contributed by atoms with Crippen molar-refractivity contribution in [2.24, 2.45) is 0 Å². The van der Waals surface area contributed by atoms with Crippen molar-refractivity contribution in [2.45, 2.75) is 17.8 Å². The zero-order valence-corrected chi connectivity index (χ0v) is 35.9. The van der Waals surface area contributed by atoms with Gasteiger partial charge in [-0.3, -0.25) is 0 Å². The molecule has 1 atom stereocenters. The topological polar surface area (TPSA) is 16.4 Å². The van der Waals surface area contributed by atoms with Crippen molar-refractivity contribution in [3.8, 4) is 33.4 Å². The molecule has 2 aliphatic rings. The molecule has 0 N–H and O–H groups in total. The summed E-state index contributed by atoms with van der Waals surface area (Å²) in [5.74, 6) is 0. The maximum absolute atomic E-state index is 6.34. The number of para-hydroxylation sites is 1. The van der Waals surface area contributed by atoms with E-state index in [1.54, 1.807) is 0 Å². The zero-order chi connectivity index (χ0) is 43.1. The van der Waals surface area contributed by atoms with Crippen LogP contribution in [-0.4, -0.2) is 0 Å². The molecule has 2 aliphatic carbocycles. The third-order valence-electron chi connectivity index (χ3n) is 14.4. The minimum absolute atomic E-state index is 0.344. The largest absolute Gasteiger partial charge is 0.456 e. The minimum atomic E-state index is -0.535. The van der Waals surface area contributed by atoms with Crippen LogP contribution in [0.2, 0.25) is 0 Å². The molecule has 0 amide bonds. The van der Waals surface area contributed by atoms with Gasteiger partial charge in [-0.25, -0.2) is 0 Å². The molecule has 65 heavy (non-hydrogen) atoms. The van der Waals surface area contributed by atoms with Crippen LogP contribution in [0.25, 0.3) is 55.3 Å². The van der Waals surface area contributed by atoms with Crippen molar-refractivity contribution >= 4 is 39.0 Å². The first kappa shape index (κ1) is 37.4. The average molecular weight is 830 g/mol. The number of hydrogen-bond donors (Lipinski definition) is 0. The molecule has 0 fully saturated rings. The van der Waals surface area contributed by atoms with Gasteiger partial charge in [-0.05, 0) is 122 Å².